The minimum Gasteiger partial charge on any atom is -0.312 e. The second-order valence-corrected chi connectivity index (χ2v) is 5.54. The van der Waals surface area contributed by atoms with Gasteiger partial charge in [-0.1, -0.05) is 6.92 Å². The molecule has 0 atom stereocenters. The number of nitrogens with one attached hydrogen (secondary N) is 1. The molecule has 0 saturated heterocycles. The van der Waals surface area contributed by atoms with Crippen LogP contribution in [0.3, 0.4) is 0 Å². The average molecular weight is 252 g/mol. The number of hydrogen-bond acceptors (Lipinski definition) is 4. The summed E-state index contributed by atoms with van der Waals surface area (Å²) in [6, 6.07) is 0. The molecular formula is C13H24N4O. The molecule has 1 aromatic heterocycles. The summed E-state index contributed by atoms with van der Waals surface area (Å²) in [4.78, 5) is 16.0. The quantitative estimate of drug-likeness (QED) is 0.800. The molecule has 0 fully saturated rings. The van der Waals surface area contributed by atoms with Crippen LogP contribution in [0.25, 0.3) is 0 Å². The molecule has 1 rings (SSSR count). The van der Waals surface area contributed by atoms with Gasteiger partial charge in [0.1, 0.15) is 17.9 Å². The van der Waals surface area contributed by atoms with Gasteiger partial charge in [-0.25, -0.2) is 9.67 Å². The van der Waals surface area contributed by atoms with E-state index in [9.17, 15) is 4.79 Å². The Balaban J connectivity index is 2.37. The molecule has 0 unspecified atom stereocenters. The van der Waals surface area contributed by atoms with Crippen molar-refractivity contribution in [2.45, 2.75) is 59.0 Å². The minimum absolute atomic E-state index is 0.0580. The molecule has 0 radical (unpaired) electrons. The lowest BCUT2D eigenvalue weighted by Gasteiger charge is -2.20. The number of nitrogens with zero attached hydrogens (tertiary/aromatic N) is 3. The third-order valence-electron chi connectivity index (χ3n) is 2.55. The fourth-order valence-corrected chi connectivity index (χ4v) is 1.67. The molecule has 102 valence electrons. The van der Waals surface area contributed by atoms with Gasteiger partial charge in [-0.15, -0.1) is 0 Å². The number of Topliss-reactive ketones (excluding diaryl/α,β-unsaturated/α-hetero) is 1. The van der Waals surface area contributed by atoms with E-state index in [0.717, 1.165) is 18.8 Å². The summed E-state index contributed by atoms with van der Waals surface area (Å²) in [5, 5.41) is 7.42. The molecule has 1 aromatic rings. The van der Waals surface area contributed by atoms with Crippen molar-refractivity contribution in [1.82, 2.24) is 20.1 Å². The van der Waals surface area contributed by atoms with E-state index in [1.165, 1.54) is 6.33 Å². The van der Waals surface area contributed by atoms with Crippen molar-refractivity contribution < 1.29 is 4.79 Å². The van der Waals surface area contributed by atoms with Crippen LogP contribution in [-0.2, 0) is 17.8 Å². The number of aryl methyl sites for hydroxylation is 1. The van der Waals surface area contributed by atoms with Crippen LogP contribution in [0.2, 0.25) is 0 Å². The van der Waals surface area contributed by atoms with Gasteiger partial charge < -0.3 is 5.32 Å². The van der Waals surface area contributed by atoms with Gasteiger partial charge >= 0.3 is 0 Å². The molecule has 5 nitrogen and oxygen atoms in total. The molecule has 18 heavy (non-hydrogen) atoms. The summed E-state index contributed by atoms with van der Waals surface area (Å²) in [7, 11) is 0. The number of aromatic nitrogens is 3. The van der Waals surface area contributed by atoms with Gasteiger partial charge in [0.25, 0.3) is 0 Å². The van der Waals surface area contributed by atoms with Crippen LogP contribution < -0.4 is 5.32 Å². The van der Waals surface area contributed by atoms with E-state index in [-0.39, 0.29) is 11.3 Å². The van der Waals surface area contributed by atoms with Crippen LogP contribution in [0.15, 0.2) is 6.33 Å². The molecule has 1 N–H and O–H groups in total. The van der Waals surface area contributed by atoms with Crippen LogP contribution in [0.4, 0.5) is 0 Å². The Kier molecular flexibility index (Phi) is 5.47. The highest BCUT2D eigenvalue weighted by molar-refractivity contribution is 5.80. The molecule has 0 saturated carbocycles. The summed E-state index contributed by atoms with van der Waals surface area (Å²) in [6.07, 6.45) is 3.43. The number of ketones is 1. The molecule has 1 heterocycles. The van der Waals surface area contributed by atoms with Crippen molar-refractivity contribution in [2.24, 2.45) is 0 Å². The average Bonchev–Trinajstić information content (AvgIpc) is 2.64. The van der Waals surface area contributed by atoms with Crippen LogP contribution in [0.1, 0.15) is 46.4 Å². The zero-order valence-corrected chi connectivity index (χ0v) is 11.9. The molecule has 0 amide bonds. The van der Waals surface area contributed by atoms with Crippen molar-refractivity contribution in [1.29, 1.82) is 0 Å². The standard InChI is InChI=1S/C13H24N4O/c1-5-8-17-12(14-10-16-17)9-11(18)6-7-15-13(2,3)4/h10,15H,5-9H2,1-4H3. The largest absolute Gasteiger partial charge is 0.312 e. The zero-order chi connectivity index (χ0) is 13.6. The van der Waals surface area contributed by atoms with Gasteiger partial charge in [-0.05, 0) is 27.2 Å². The predicted molar refractivity (Wildman–Crippen MR) is 71.4 cm³/mol. The first-order valence-corrected chi connectivity index (χ1v) is 6.56. The number of hydrogen-bond donors (Lipinski definition) is 1. The molecule has 0 aliphatic heterocycles. The Hall–Kier alpha value is -1.23. The minimum atomic E-state index is 0.0580. The van der Waals surface area contributed by atoms with Gasteiger partial charge in [0, 0.05) is 25.0 Å². The van der Waals surface area contributed by atoms with E-state index in [1.54, 1.807) is 0 Å². The highest BCUT2D eigenvalue weighted by Crippen LogP contribution is 2.02. The molecule has 0 aromatic carbocycles. The summed E-state index contributed by atoms with van der Waals surface area (Å²) in [6.45, 7) is 9.90. The number of rotatable bonds is 7. The van der Waals surface area contributed by atoms with Crippen molar-refractivity contribution in [3.63, 3.8) is 0 Å². The van der Waals surface area contributed by atoms with Crippen molar-refractivity contribution in [2.75, 3.05) is 6.54 Å². The first-order valence-electron chi connectivity index (χ1n) is 6.56. The SMILES string of the molecule is CCCn1ncnc1CC(=O)CCNC(C)(C)C. The van der Waals surface area contributed by atoms with Gasteiger partial charge in [0.2, 0.25) is 0 Å². The van der Waals surface area contributed by atoms with Crippen LogP contribution in [0, 0.1) is 0 Å². The summed E-state index contributed by atoms with van der Waals surface area (Å²) in [5.41, 5.74) is 0.0580. The molecule has 0 aliphatic carbocycles. The van der Waals surface area contributed by atoms with E-state index >= 15 is 0 Å². The Bertz CT molecular complexity index is 379. The van der Waals surface area contributed by atoms with Gasteiger partial charge in [-0.2, -0.15) is 5.10 Å². The van der Waals surface area contributed by atoms with E-state index < -0.39 is 0 Å². The van der Waals surface area contributed by atoms with Crippen molar-refractivity contribution >= 4 is 5.78 Å². The maximum absolute atomic E-state index is 11.8. The molecular weight excluding hydrogens is 228 g/mol. The van der Waals surface area contributed by atoms with Crippen LogP contribution in [-0.4, -0.2) is 32.6 Å². The monoisotopic (exact) mass is 252 g/mol. The second kappa shape index (κ2) is 6.64. The van der Waals surface area contributed by atoms with Crippen LogP contribution >= 0.6 is 0 Å². The lowest BCUT2D eigenvalue weighted by Crippen LogP contribution is -2.37. The first-order chi connectivity index (χ1) is 8.42. The summed E-state index contributed by atoms with van der Waals surface area (Å²) < 4.78 is 1.81. The van der Waals surface area contributed by atoms with E-state index in [0.29, 0.717) is 19.4 Å². The highest BCUT2D eigenvalue weighted by atomic mass is 16.1. The molecule has 0 aliphatic rings. The Morgan fingerprint density at radius 2 is 2.17 bits per heavy atom. The Labute approximate surface area is 109 Å². The second-order valence-electron chi connectivity index (χ2n) is 5.54. The fourth-order valence-electron chi connectivity index (χ4n) is 1.67. The van der Waals surface area contributed by atoms with E-state index in [2.05, 4.69) is 43.1 Å². The summed E-state index contributed by atoms with van der Waals surface area (Å²) >= 11 is 0. The summed E-state index contributed by atoms with van der Waals surface area (Å²) in [5.74, 6) is 0.981. The third-order valence-corrected chi connectivity index (χ3v) is 2.55. The molecule has 0 spiro atoms. The third kappa shape index (κ3) is 5.40. The lowest BCUT2D eigenvalue weighted by atomic mass is 10.1. The maximum atomic E-state index is 11.8. The van der Waals surface area contributed by atoms with Gasteiger partial charge in [0.05, 0.1) is 6.42 Å². The topological polar surface area (TPSA) is 59.8 Å². The smallest absolute Gasteiger partial charge is 0.141 e. The predicted octanol–water partition coefficient (Wildman–Crippen LogP) is 1.58. The fraction of sp³-hybridized carbons (Fsp3) is 0.769. The maximum Gasteiger partial charge on any atom is 0.141 e. The van der Waals surface area contributed by atoms with Crippen LogP contribution in [0.5, 0.6) is 0 Å². The van der Waals surface area contributed by atoms with E-state index in [4.69, 9.17) is 0 Å². The van der Waals surface area contributed by atoms with Crippen molar-refractivity contribution in [3.05, 3.63) is 12.2 Å². The lowest BCUT2D eigenvalue weighted by molar-refractivity contribution is -0.118. The molecule has 5 heteroatoms. The number of carbonyl (C=O) groups is 1. The Morgan fingerprint density at radius 3 is 2.78 bits per heavy atom. The van der Waals surface area contributed by atoms with E-state index in [1.807, 2.05) is 4.68 Å². The number of carbonyl (C=O) groups excluding carboxylic acids is 1. The normalized spacial score (nSPS) is 11.8. The van der Waals surface area contributed by atoms with Gasteiger partial charge in [0.15, 0.2) is 0 Å². The molecule has 0 bridgehead atoms. The Morgan fingerprint density at radius 1 is 1.44 bits per heavy atom. The van der Waals surface area contributed by atoms with Crippen molar-refractivity contribution in [3.8, 4) is 0 Å². The van der Waals surface area contributed by atoms with Gasteiger partial charge in [-0.3, -0.25) is 4.79 Å². The first kappa shape index (κ1) is 14.8. The highest BCUT2D eigenvalue weighted by Gasteiger charge is 2.12. The zero-order valence-electron chi connectivity index (χ0n) is 11.9.